The topological polar surface area (TPSA) is 42.7 Å². The van der Waals surface area contributed by atoms with Gasteiger partial charge in [-0.15, -0.1) is 5.10 Å². The van der Waals surface area contributed by atoms with Crippen molar-refractivity contribution >= 4 is 0 Å². The molecule has 0 amide bonds. The van der Waals surface area contributed by atoms with Gasteiger partial charge in [0.1, 0.15) is 0 Å². The van der Waals surface area contributed by atoms with E-state index in [-0.39, 0.29) is 0 Å². The van der Waals surface area contributed by atoms with Gasteiger partial charge in [-0.05, 0) is 37.6 Å². The Bertz CT molecular complexity index is 605. The van der Waals surface area contributed by atoms with Crippen LogP contribution in [0.3, 0.4) is 0 Å². The summed E-state index contributed by atoms with van der Waals surface area (Å²) in [7, 11) is 0. The average Bonchev–Trinajstić information content (AvgIpc) is 2.86. The standard InChI is InChI=1S/C14H17F3N4/c1-3-6-18-8-12-9-19-20-21(12)13-7-11(14(15,16)17)5-4-10(13)2/h4-5,7,9,18H,3,6,8H2,1-2H3. The number of nitrogens with one attached hydrogen (secondary N) is 1. The molecule has 7 heteroatoms. The minimum Gasteiger partial charge on any atom is -0.311 e. The Balaban J connectivity index is 2.36. The molecule has 0 atom stereocenters. The average molecular weight is 298 g/mol. The van der Waals surface area contributed by atoms with Gasteiger partial charge in [-0.25, -0.2) is 4.68 Å². The predicted molar refractivity (Wildman–Crippen MR) is 73.1 cm³/mol. The number of benzene rings is 1. The van der Waals surface area contributed by atoms with Gasteiger partial charge in [0.05, 0.1) is 23.1 Å². The van der Waals surface area contributed by atoms with Gasteiger partial charge >= 0.3 is 6.18 Å². The van der Waals surface area contributed by atoms with Crippen LogP contribution in [0.4, 0.5) is 13.2 Å². The van der Waals surface area contributed by atoms with Crippen molar-refractivity contribution in [1.82, 2.24) is 20.3 Å². The number of alkyl halides is 3. The molecular weight excluding hydrogens is 281 g/mol. The molecule has 1 aromatic heterocycles. The van der Waals surface area contributed by atoms with E-state index in [2.05, 4.69) is 15.6 Å². The van der Waals surface area contributed by atoms with E-state index in [4.69, 9.17) is 0 Å². The first-order valence-electron chi connectivity index (χ1n) is 6.72. The Morgan fingerprint density at radius 3 is 2.71 bits per heavy atom. The molecule has 0 aliphatic rings. The number of hydrogen-bond acceptors (Lipinski definition) is 3. The van der Waals surface area contributed by atoms with Gasteiger partial charge in [-0.2, -0.15) is 13.2 Å². The maximum absolute atomic E-state index is 12.8. The fourth-order valence-electron chi connectivity index (χ4n) is 1.99. The third-order valence-electron chi connectivity index (χ3n) is 3.12. The van der Waals surface area contributed by atoms with Crippen LogP contribution in [0.25, 0.3) is 5.69 Å². The third kappa shape index (κ3) is 3.60. The zero-order chi connectivity index (χ0) is 15.5. The van der Waals surface area contributed by atoms with Crippen LogP contribution in [0, 0.1) is 6.92 Å². The highest BCUT2D eigenvalue weighted by atomic mass is 19.4. The van der Waals surface area contributed by atoms with E-state index in [0.717, 1.165) is 30.8 Å². The van der Waals surface area contributed by atoms with Gasteiger partial charge in [-0.1, -0.05) is 18.2 Å². The molecule has 0 radical (unpaired) electrons. The second-order valence-corrected chi connectivity index (χ2v) is 4.81. The quantitative estimate of drug-likeness (QED) is 0.863. The summed E-state index contributed by atoms with van der Waals surface area (Å²) in [6, 6.07) is 3.63. The summed E-state index contributed by atoms with van der Waals surface area (Å²) in [6.45, 7) is 5.13. The van der Waals surface area contributed by atoms with Crippen molar-refractivity contribution in [3.05, 3.63) is 41.2 Å². The summed E-state index contributed by atoms with van der Waals surface area (Å²) in [4.78, 5) is 0. The molecule has 2 aromatic rings. The molecule has 1 heterocycles. The lowest BCUT2D eigenvalue weighted by molar-refractivity contribution is -0.137. The molecule has 0 unspecified atom stereocenters. The van der Waals surface area contributed by atoms with Crippen LogP contribution < -0.4 is 5.32 Å². The monoisotopic (exact) mass is 298 g/mol. The maximum Gasteiger partial charge on any atom is 0.416 e. The second-order valence-electron chi connectivity index (χ2n) is 4.81. The number of halogens is 3. The van der Waals surface area contributed by atoms with Crippen LogP contribution in [0.1, 0.15) is 30.2 Å². The van der Waals surface area contributed by atoms with Crippen molar-refractivity contribution in [3.63, 3.8) is 0 Å². The minimum absolute atomic E-state index is 0.399. The molecular formula is C14H17F3N4. The lowest BCUT2D eigenvalue weighted by Crippen LogP contribution is -2.17. The summed E-state index contributed by atoms with van der Waals surface area (Å²) in [5, 5.41) is 10.9. The Morgan fingerprint density at radius 2 is 2.05 bits per heavy atom. The zero-order valence-corrected chi connectivity index (χ0v) is 11.9. The molecule has 0 spiro atoms. The van der Waals surface area contributed by atoms with Gasteiger partial charge in [0.15, 0.2) is 0 Å². The zero-order valence-electron chi connectivity index (χ0n) is 11.9. The molecule has 1 N–H and O–H groups in total. The summed E-state index contributed by atoms with van der Waals surface area (Å²) in [6.07, 6.45) is -1.84. The fourth-order valence-corrected chi connectivity index (χ4v) is 1.99. The molecule has 0 bridgehead atoms. The summed E-state index contributed by atoms with van der Waals surface area (Å²) in [5.41, 5.74) is 1.15. The number of aryl methyl sites for hydroxylation is 1. The highest BCUT2D eigenvalue weighted by molar-refractivity contribution is 5.44. The Hall–Kier alpha value is -1.89. The van der Waals surface area contributed by atoms with Crippen molar-refractivity contribution in [2.45, 2.75) is 33.0 Å². The van der Waals surface area contributed by atoms with Crippen molar-refractivity contribution in [2.24, 2.45) is 0 Å². The highest BCUT2D eigenvalue weighted by Gasteiger charge is 2.31. The van der Waals surface area contributed by atoms with E-state index in [1.54, 1.807) is 13.1 Å². The van der Waals surface area contributed by atoms with Crippen LogP contribution in [0.2, 0.25) is 0 Å². The van der Waals surface area contributed by atoms with E-state index in [1.807, 2.05) is 6.92 Å². The van der Waals surface area contributed by atoms with Crippen molar-refractivity contribution in [2.75, 3.05) is 6.54 Å². The Labute approximate surface area is 121 Å². The normalized spacial score (nSPS) is 11.9. The van der Waals surface area contributed by atoms with Crippen LogP contribution >= 0.6 is 0 Å². The number of aromatic nitrogens is 3. The van der Waals surface area contributed by atoms with Gasteiger partial charge in [0, 0.05) is 6.54 Å². The van der Waals surface area contributed by atoms with Gasteiger partial charge in [0.25, 0.3) is 0 Å². The fraction of sp³-hybridized carbons (Fsp3) is 0.429. The maximum atomic E-state index is 12.8. The highest BCUT2D eigenvalue weighted by Crippen LogP contribution is 2.31. The van der Waals surface area contributed by atoms with Crippen molar-refractivity contribution < 1.29 is 13.2 Å². The molecule has 0 saturated carbocycles. The van der Waals surface area contributed by atoms with Gasteiger partial charge in [-0.3, -0.25) is 0 Å². The van der Waals surface area contributed by atoms with Crippen LogP contribution in [0.15, 0.2) is 24.4 Å². The van der Waals surface area contributed by atoms with Crippen LogP contribution in [0.5, 0.6) is 0 Å². The Morgan fingerprint density at radius 1 is 1.29 bits per heavy atom. The van der Waals surface area contributed by atoms with E-state index in [0.29, 0.717) is 17.8 Å². The molecule has 2 rings (SSSR count). The minimum atomic E-state index is -4.37. The lowest BCUT2D eigenvalue weighted by atomic mass is 10.1. The first-order chi connectivity index (χ1) is 9.93. The van der Waals surface area contributed by atoms with E-state index in [1.165, 1.54) is 10.7 Å². The van der Waals surface area contributed by atoms with Crippen molar-refractivity contribution in [3.8, 4) is 5.69 Å². The summed E-state index contributed by atoms with van der Waals surface area (Å²) in [5.74, 6) is 0. The number of nitrogens with zero attached hydrogens (tertiary/aromatic N) is 3. The van der Waals surface area contributed by atoms with E-state index < -0.39 is 11.7 Å². The smallest absolute Gasteiger partial charge is 0.311 e. The van der Waals surface area contributed by atoms with Crippen LogP contribution in [-0.4, -0.2) is 21.5 Å². The molecule has 4 nitrogen and oxygen atoms in total. The molecule has 0 aliphatic carbocycles. The lowest BCUT2D eigenvalue weighted by Gasteiger charge is -2.13. The first kappa shape index (κ1) is 15.5. The predicted octanol–water partition coefficient (Wildman–Crippen LogP) is 3.09. The van der Waals surface area contributed by atoms with Gasteiger partial charge < -0.3 is 5.32 Å². The molecule has 114 valence electrons. The molecule has 0 fully saturated rings. The molecule has 1 aromatic carbocycles. The SMILES string of the molecule is CCCNCc1cnnn1-c1cc(C(F)(F)F)ccc1C. The van der Waals surface area contributed by atoms with E-state index in [9.17, 15) is 13.2 Å². The largest absolute Gasteiger partial charge is 0.416 e. The number of hydrogen-bond donors (Lipinski definition) is 1. The Kier molecular flexibility index (Phi) is 4.62. The van der Waals surface area contributed by atoms with Crippen LogP contribution in [-0.2, 0) is 12.7 Å². The van der Waals surface area contributed by atoms with E-state index >= 15 is 0 Å². The first-order valence-corrected chi connectivity index (χ1v) is 6.72. The molecule has 0 aliphatic heterocycles. The second kappa shape index (κ2) is 6.26. The molecule has 0 saturated heterocycles. The molecule has 21 heavy (non-hydrogen) atoms. The number of rotatable bonds is 5. The van der Waals surface area contributed by atoms with Gasteiger partial charge in [0.2, 0.25) is 0 Å². The summed E-state index contributed by atoms with van der Waals surface area (Å²) >= 11 is 0. The summed E-state index contributed by atoms with van der Waals surface area (Å²) < 4.78 is 39.9. The van der Waals surface area contributed by atoms with Crippen molar-refractivity contribution in [1.29, 1.82) is 0 Å². The third-order valence-corrected chi connectivity index (χ3v) is 3.12.